The molecule has 7 nitrogen and oxygen atoms in total. The first kappa shape index (κ1) is 13.8. The fourth-order valence-electron chi connectivity index (χ4n) is 3.16. The molecule has 1 amide bonds. The van der Waals surface area contributed by atoms with E-state index < -0.39 is 0 Å². The second-order valence-corrected chi connectivity index (χ2v) is 5.64. The smallest absolute Gasteiger partial charge is 0.292 e. The second kappa shape index (κ2) is 5.33. The molecule has 1 atom stereocenters. The van der Waals surface area contributed by atoms with Crippen molar-refractivity contribution in [1.29, 1.82) is 0 Å². The number of anilines is 2. The average Bonchev–Trinajstić information content (AvgIpc) is 3.02. The maximum atomic E-state index is 11.4. The highest BCUT2D eigenvalue weighted by molar-refractivity contribution is 6.00. The molecule has 0 aromatic heterocycles. The highest BCUT2D eigenvalue weighted by Crippen LogP contribution is 2.38. The number of rotatable bonds is 4. The Labute approximate surface area is 122 Å². The molecule has 112 valence electrons. The number of nitro groups is 1. The Morgan fingerprint density at radius 1 is 1.52 bits per heavy atom. The van der Waals surface area contributed by atoms with Gasteiger partial charge in [-0.1, -0.05) is 0 Å². The fourth-order valence-corrected chi connectivity index (χ4v) is 3.16. The van der Waals surface area contributed by atoms with Gasteiger partial charge in [0, 0.05) is 24.8 Å². The van der Waals surface area contributed by atoms with Gasteiger partial charge in [0.25, 0.3) is 5.69 Å². The Bertz CT molecular complexity index is 602. The third-order valence-corrected chi connectivity index (χ3v) is 4.14. The van der Waals surface area contributed by atoms with Gasteiger partial charge in [0.15, 0.2) is 0 Å². The van der Waals surface area contributed by atoms with Crippen molar-refractivity contribution < 1.29 is 9.72 Å². The second-order valence-electron chi connectivity index (χ2n) is 5.64. The van der Waals surface area contributed by atoms with Crippen molar-refractivity contribution in [2.75, 3.05) is 36.9 Å². The molecule has 0 radical (unpaired) electrons. The standard InChI is InChI=1S/C14H18N4O3/c1-15-7-9-2-3-17(8-9)12-6-11-10(5-14(19)16-11)4-13(12)18(20)21/h4,6,9,15H,2-3,5,7-8H2,1H3,(H,16,19). The van der Waals surface area contributed by atoms with Crippen LogP contribution < -0.4 is 15.5 Å². The minimum absolute atomic E-state index is 0.0929. The van der Waals surface area contributed by atoms with Gasteiger partial charge in [0.05, 0.1) is 11.3 Å². The van der Waals surface area contributed by atoms with Gasteiger partial charge in [-0.15, -0.1) is 0 Å². The number of fused-ring (bicyclic) bond motifs is 1. The number of carbonyl (C=O) groups excluding carboxylic acids is 1. The maximum absolute atomic E-state index is 11.4. The molecule has 1 aromatic carbocycles. The van der Waals surface area contributed by atoms with Crippen LogP contribution in [0.1, 0.15) is 12.0 Å². The van der Waals surface area contributed by atoms with Crippen molar-refractivity contribution in [2.45, 2.75) is 12.8 Å². The molecule has 2 aliphatic heterocycles. The molecular weight excluding hydrogens is 272 g/mol. The molecule has 1 aromatic rings. The molecule has 3 rings (SSSR count). The number of nitrogens with zero attached hydrogens (tertiary/aromatic N) is 2. The van der Waals surface area contributed by atoms with E-state index in [-0.39, 0.29) is 22.9 Å². The van der Waals surface area contributed by atoms with Crippen LogP contribution in [-0.4, -0.2) is 37.5 Å². The summed E-state index contributed by atoms with van der Waals surface area (Å²) in [5.74, 6) is 0.392. The summed E-state index contributed by atoms with van der Waals surface area (Å²) in [6.45, 7) is 2.51. The highest BCUT2D eigenvalue weighted by Gasteiger charge is 2.30. The molecule has 2 N–H and O–H groups in total. The number of benzene rings is 1. The van der Waals surface area contributed by atoms with Gasteiger partial charge >= 0.3 is 0 Å². The summed E-state index contributed by atoms with van der Waals surface area (Å²) in [6, 6.07) is 3.29. The summed E-state index contributed by atoms with van der Waals surface area (Å²) >= 11 is 0. The van der Waals surface area contributed by atoms with Crippen LogP contribution in [0.3, 0.4) is 0 Å². The Balaban J connectivity index is 1.93. The summed E-state index contributed by atoms with van der Waals surface area (Å²) in [5, 5.41) is 17.2. The van der Waals surface area contributed by atoms with E-state index in [0.29, 0.717) is 22.9 Å². The van der Waals surface area contributed by atoms with Crippen molar-refractivity contribution in [3.63, 3.8) is 0 Å². The lowest BCUT2D eigenvalue weighted by Crippen LogP contribution is -2.24. The first-order valence-electron chi connectivity index (χ1n) is 7.09. The van der Waals surface area contributed by atoms with Crippen molar-refractivity contribution in [3.8, 4) is 0 Å². The highest BCUT2D eigenvalue weighted by atomic mass is 16.6. The summed E-state index contributed by atoms with van der Waals surface area (Å²) in [7, 11) is 1.91. The zero-order valence-electron chi connectivity index (χ0n) is 11.9. The molecular formula is C14H18N4O3. The van der Waals surface area contributed by atoms with Crippen LogP contribution in [0.25, 0.3) is 0 Å². The first-order valence-corrected chi connectivity index (χ1v) is 7.09. The first-order chi connectivity index (χ1) is 10.1. The Morgan fingerprint density at radius 3 is 3.05 bits per heavy atom. The van der Waals surface area contributed by atoms with E-state index in [2.05, 4.69) is 10.6 Å². The van der Waals surface area contributed by atoms with E-state index in [4.69, 9.17) is 0 Å². The summed E-state index contributed by atoms with van der Waals surface area (Å²) in [4.78, 5) is 24.5. The van der Waals surface area contributed by atoms with Crippen molar-refractivity contribution in [3.05, 3.63) is 27.8 Å². The number of hydrogen-bond acceptors (Lipinski definition) is 5. The van der Waals surface area contributed by atoms with E-state index in [1.165, 1.54) is 6.07 Å². The molecule has 2 heterocycles. The largest absolute Gasteiger partial charge is 0.366 e. The predicted octanol–water partition coefficient (Wildman–Crippen LogP) is 1.14. The number of hydrogen-bond donors (Lipinski definition) is 2. The molecule has 2 aliphatic rings. The molecule has 7 heteroatoms. The number of nitrogens with one attached hydrogen (secondary N) is 2. The number of amides is 1. The fraction of sp³-hybridized carbons (Fsp3) is 0.500. The summed E-state index contributed by atoms with van der Waals surface area (Å²) in [6.07, 6.45) is 1.24. The summed E-state index contributed by atoms with van der Waals surface area (Å²) < 4.78 is 0. The van der Waals surface area contributed by atoms with E-state index in [9.17, 15) is 14.9 Å². The Kier molecular flexibility index (Phi) is 3.50. The molecule has 1 saturated heterocycles. The monoisotopic (exact) mass is 290 g/mol. The SMILES string of the molecule is CNCC1CCN(c2cc3c(cc2[N+](=O)[O-])CC(=O)N3)C1. The molecule has 0 saturated carbocycles. The van der Waals surface area contributed by atoms with Crippen LogP contribution in [0.5, 0.6) is 0 Å². The molecule has 21 heavy (non-hydrogen) atoms. The number of nitro benzene ring substituents is 1. The van der Waals surface area contributed by atoms with Crippen LogP contribution in [0, 0.1) is 16.0 Å². The lowest BCUT2D eigenvalue weighted by Gasteiger charge is -2.19. The van der Waals surface area contributed by atoms with Gasteiger partial charge in [-0.2, -0.15) is 0 Å². The van der Waals surface area contributed by atoms with E-state index in [0.717, 1.165) is 26.1 Å². The van der Waals surface area contributed by atoms with Gasteiger partial charge in [0.2, 0.25) is 5.91 Å². The van der Waals surface area contributed by atoms with E-state index >= 15 is 0 Å². The molecule has 0 spiro atoms. The zero-order chi connectivity index (χ0) is 15.0. The molecule has 0 bridgehead atoms. The third kappa shape index (κ3) is 2.56. The van der Waals surface area contributed by atoms with Crippen molar-refractivity contribution in [2.24, 2.45) is 5.92 Å². The van der Waals surface area contributed by atoms with Gasteiger partial charge in [-0.05, 0) is 37.6 Å². The average molecular weight is 290 g/mol. The van der Waals surface area contributed by atoms with Crippen LogP contribution >= 0.6 is 0 Å². The normalized spacial score (nSPS) is 20.5. The van der Waals surface area contributed by atoms with Crippen molar-refractivity contribution >= 4 is 23.0 Å². The van der Waals surface area contributed by atoms with E-state index in [1.807, 2.05) is 11.9 Å². The van der Waals surface area contributed by atoms with Crippen LogP contribution in [0.15, 0.2) is 12.1 Å². The lowest BCUT2D eigenvalue weighted by atomic mass is 10.1. The van der Waals surface area contributed by atoms with Gasteiger partial charge in [-0.3, -0.25) is 14.9 Å². The van der Waals surface area contributed by atoms with E-state index in [1.54, 1.807) is 6.07 Å². The topological polar surface area (TPSA) is 87.5 Å². The molecule has 1 unspecified atom stereocenters. The minimum atomic E-state index is -0.357. The van der Waals surface area contributed by atoms with Gasteiger partial charge in [0.1, 0.15) is 5.69 Å². The summed E-state index contributed by atoms with van der Waals surface area (Å²) in [5.41, 5.74) is 2.12. The Hall–Kier alpha value is -2.15. The molecule has 1 fully saturated rings. The van der Waals surface area contributed by atoms with Crippen LogP contribution in [0.4, 0.5) is 17.1 Å². The van der Waals surface area contributed by atoms with Crippen LogP contribution in [-0.2, 0) is 11.2 Å². The third-order valence-electron chi connectivity index (χ3n) is 4.14. The molecule has 0 aliphatic carbocycles. The van der Waals surface area contributed by atoms with Crippen LogP contribution in [0.2, 0.25) is 0 Å². The minimum Gasteiger partial charge on any atom is -0.366 e. The van der Waals surface area contributed by atoms with Crippen molar-refractivity contribution in [1.82, 2.24) is 5.32 Å². The lowest BCUT2D eigenvalue weighted by molar-refractivity contribution is -0.384. The number of carbonyl (C=O) groups is 1. The quantitative estimate of drug-likeness (QED) is 0.641. The predicted molar refractivity (Wildman–Crippen MR) is 79.7 cm³/mol. The van der Waals surface area contributed by atoms with Gasteiger partial charge < -0.3 is 15.5 Å². The maximum Gasteiger partial charge on any atom is 0.292 e. The Morgan fingerprint density at radius 2 is 2.33 bits per heavy atom. The van der Waals surface area contributed by atoms with Gasteiger partial charge in [-0.25, -0.2) is 0 Å². The zero-order valence-corrected chi connectivity index (χ0v) is 11.9.